The van der Waals surface area contributed by atoms with E-state index in [1.165, 1.54) is 0 Å². The molecule has 38 heavy (non-hydrogen) atoms. The lowest BCUT2D eigenvalue weighted by Crippen LogP contribution is -2.36. The second-order valence-electron chi connectivity index (χ2n) is 8.41. The van der Waals surface area contributed by atoms with Crippen LogP contribution in [0.2, 0.25) is 10.0 Å². The van der Waals surface area contributed by atoms with Gasteiger partial charge >= 0.3 is 0 Å². The van der Waals surface area contributed by atoms with Crippen molar-refractivity contribution < 1.29 is 23.2 Å². The predicted octanol–water partition coefficient (Wildman–Crippen LogP) is 6.95. The molecule has 0 unspecified atom stereocenters. The van der Waals surface area contributed by atoms with Gasteiger partial charge in [0.15, 0.2) is 0 Å². The molecule has 2 heterocycles. The molecule has 0 radical (unpaired) electrons. The largest absolute Gasteiger partial charge is 0.342 e. The van der Waals surface area contributed by atoms with Gasteiger partial charge in [-0.15, -0.1) is 0 Å². The highest BCUT2D eigenvalue weighted by Gasteiger charge is 2.36. The summed E-state index contributed by atoms with van der Waals surface area (Å²) in [6.07, 6.45) is 3.46. The van der Waals surface area contributed by atoms with Gasteiger partial charge in [0, 0.05) is 45.3 Å². The summed E-state index contributed by atoms with van der Waals surface area (Å²) in [5.74, 6) is -3.21. The number of rotatable bonds is 6. The molecule has 1 aromatic heterocycles. The van der Waals surface area contributed by atoms with Crippen molar-refractivity contribution in [3.05, 3.63) is 105 Å². The maximum atomic E-state index is 13.9. The van der Waals surface area contributed by atoms with Crippen LogP contribution in [0.5, 0.6) is 0 Å². The number of fused-ring (bicyclic) bond motifs is 1. The molecule has 4 aromatic rings. The van der Waals surface area contributed by atoms with Gasteiger partial charge < -0.3 is 9.88 Å². The normalized spacial score (nSPS) is 14.6. The molecular formula is C27H17Cl2F2N3O3S. The number of thioether (sulfide) groups is 1. The van der Waals surface area contributed by atoms with Gasteiger partial charge in [-0.3, -0.25) is 19.3 Å². The zero-order chi connectivity index (χ0) is 27.0. The quantitative estimate of drug-likeness (QED) is 0.254. The first-order valence-electron chi connectivity index (χ1n) is 11.2. The Morgan fingerprint density at radius 1 is 1.03 bits per heavy atom. The summed E-state index contributed by atoms with van der Waals surface area (Å²) in [4.78, 5) is 38.9. The molecule has 0 bridgehead atoms. The molecule has 6 nitrogen and oxygen atoms in total. The van der Waals surface area contributed by atoms with Crippen LogP contribution in [-0.2, 0) is 16.1 Å². The lowest BCUT2D eigenvalue weighted by molar-refractivity contribution is -0.127. The SMILES string of the molecule is O=C(CN1C(=O)S/C(=C/c2cn(Cc3ccc(Cl)cc3Cl)c3ccccc23)C1=O)Nc1ccc(F)cc1F. The van der Waals surface area contributed by atoms with Gasteiger partial charge in [0.25, 0.3) is 11.1 Å². The molecule has 1 N–H and O–H groups in total. The molecular weight excluding hydrogens is 555 g/mol. The number of imide groups is 1. The van der Waals surface area contributed by atoms with Crippen molar-refractivity contribution in [3.8, 4) is 0 Å². The molecule has 0 aliphatic carbocycles. The van der Waals surface area contributed by atoms with Crippen LogP contribution in [0.3, 0.4) is 0 Å². The van der Waals surface area contributed by atoms with Gasteiger partial charge in [-0.05, 0) is 53.7 Å². The van der Waals surface area contributed by atoms with Crippen LogP contribution in [0.25, 0.3) is 17.0 Å². The van der Waals surface area contributed by atoms with Crippen molar-refractivity contribution >= 4 is 74.7 Å². The Morgan fingerprint density at radius 2 is 1.82 bits per heavy atom. The maximum Gasteiger partial charge on any atom is 0.294 e. The number of hydrogen-bond acceptors (Lipinski definition) is 4. The van der Waals surface area contributed by atoms with Crippen LogP contribution in [0.15, 0.2) is 71.8 Å². The lowest BCUT2D eigenvalue weighted by Gasteiger charge is -2.12. The van der Waals surface area contributed by atoms with Gasteiger partial charge in [-0.2, -0.15) is 0 Å². The van der Waals surface area contributed by atoms with E-state index in [2.05, 4.69) is 5.32 Å². The van der Waals surface area contributed by atoms with Crippen LogP contribution in [0.1, 0.15) is 11.1 Å². The summed E-state index contributed by atoms with van der Waals surface area (Å²) < 4.78 is 28.9. The fraction of sp³-hybridized carbons (Fsp3) is 0.0741. The monoisotopic (exact) mass is 571 g/mol. The predicted molar refractivity (Wildman–Crippen MR) is 145 cm³/mol. The summed E-state index contributed by atoms with van der Waals surface area (Å²) in [5.41, 5.74) is 2.19. The number of carbonyl (C=O) groups is 3. The minimum atomic E-state index is -0.969. The number of nitrogens with zero attached hydrogens (tertiary/aromatic N) is 2. The fourth-order valence-electron chi connectivity index (χ4n) is 4.06. The second kappa shape index (κ2) is 10.6. The first-order valence-corrected chi connectivity index (χ1v) is 12.8. The van der Waals surface area contributed by atoms with E-state index in [1.54, 1.807) is 18.2 Å². The highest BCUT2D eigenvalue weighted by atomic mass is 35.5. The molecule has 192 valence electrons. The van der Waals surface area contributed by atoms with Crippen molar-refractivity contribution in [1.29, 1.82) is 0 Å². The molecule has 1 saturated heterocycles. The van der Waals surface area contributed by atoms with E-state index in [1.807, 2.05) is 41.1 Å². The van der Waals surface area contributed by atoms with Crippen molar-refractivity contribution in [1.82, 2.24) is 9.47 Å². The Morgan fingerprint density at radius 3 is 2.58 bits per heavy atom. The topological polar surface area (TPSA) is 71.4 Å². The van der Waals surface area contributed by atoms with Crippen molar-refractivity contribution in [2.75, 3.05) is 11.9 Å². The third-order valence-corrected chi connectivity index (χ3v) is 7.34. The van der Waals surface area contributed by atoms with Crippen molar-refractivity contribution in [3.63, 3.8) is 0 Å². The van der Waals surface area contributed by atoms with E-state index in [9.17, 15) is 23.2 Å². The standard InChI is InChI=1S/C27H17Cl2F2N3O3S/c28-17-6-5-15(20(29)10-17)12-33-13-16(19-3-1-2-4-23(19)33)9-24-26(36)34(27(37)38-24)14-25(35)32-22-8-7-18(30)11-21(22)31/h1-11,13H,12,14H2,(H,32,35)/b24-9+. The smallest absolute Gasteiger partial charge is 0.294 e. The number of halogens is 4. The number of anilines is 1. The highest BCUT2D eigenvalue weighted by Crippen LogP contribution is 2.34. The molecule has 3 aromatic carbocycles. The number of carbonyl (C=O) groups excluding carboxylic acids is 3. The van der Waals surface area contributed by atoms with Gasteiger partial charge in [0.1, 0.15) is 18.2 Å². The van der Waals surface area contributed by atoms with E-state index in [0.717, 1.165) is 33.5 Å². The summed E-state index contributed by atoms with van der Waals surface area (Å²) in [6, 6.07) is 15.5. The average molecular weight is 572 g/mol. The Balaban J connectivity index is 1.38. The van der Waals surface area contributed by atoms with E-state index in [-0.39, 0.29) is 10.6 Å². The minimum absolute atomic E-state index is 0.142. The Hall–Kier alpha value is -3.66. The number of nitrogens with one attached hydrogen (secondary N) is 1. The fourth-order valence-corrected chi connectivity index (χ4v) is 5.35. The zero-order valence-electron chi connectivity index (χ0n) is 19.4. The molecule has 1 aliphatic heterocycles. The van der Waals surface area contributed by atoms with Gasteiger partial charge in [0.05, 0.1) is 10.6 Å². The van der Waals surface area contributed by atoms with E-state index >= 15 is 0 Å². The maximum absolute atomic E-state index is 13.9. The Kier molecular flexibility index (Phi) is 7.25. The lowest BCUT2D eigenvalue weighted by atomic mass is 10.1. The highest BCUT2D eigenvalue weighted by molar-refractivity contribution is 8.18. The Labute approximate surface area is 229 Å². The first-order chi connectivity index (χ1) is 18.2. The molecule has 5 rings (SSSR count). The number of benzene rings is 3. The summed E-state index contributed by atoms with van der Waals surface area (Å²) in [6.45, 7) is -0.165. The summed E-state index contributed by atoms with van der Waals surface area (Å²) in [5, 5.41) is 3.53. The zero-order valence-corrected chi connectivity index (χ0v) is 21.7. The summed E-state index contributed by atoms with van der Waals surface area (Å²) in [7, 11) is 0. The molecule has 0 atom stereocenters. The minimum Gasteiger partial charge on any atom is -0.342 e. The Bertz CT molecular complexity index is 1650. The number of aromatic nitrogens is 1. The van der Waals surface area contributed by atoms with Crippen molar-refractivity contribution in [2.24, 2.45) is 0 Å². The molecule has 0 spiro atoms. The van der Waals surface area contributed by atoms with Gasteiger partial charge in [-0.25, -0.2) is 8.78 Å². The van der Waals surface area contributed by atoms with Gasteiger partial charge in [0.2, 0.25) is 5.91 Å². The first kappa shape index (κ1) is 26.0. The van der Waals surface area contributed by atoms with Gasteiger partial charge in [-0.1, -0.05) is 47.5 Å². The molecule has 1 fully saturated rings. The van der Waals surface area contributed by atoms with Crippen LogP contribution >= 0.6 is 35.0 Å². The molecule has 11 heteroatoms. The third-order valence-electron chi connectivity index (χ3n) is 5.84. The second-order valence-corrected chi connectivity index (χ2v) is 10.2. The van der Waals surface area contributed by atoms with E-state index < -0.39 is 35.2 Å². The molecule has 0 saturated carbocycles. The number of hydrogen-bond donors (Lipinski definition) is 1. The third kappa shape index (κ3) is 5.31. The number of para-hydroxylation sites is 1. The molecule has 1 aliphatic rings. The van der Waals surface area contributed by atoms with E-state index in [4.69, 9.17) is 23.2 Å². The van der Waals surface area contributed by atoms with Crippen molar-refractivity contribution in [2.45, 2.75) is 6.54 Å². The van der Waals surface area contributed by atoms with Crippen LogP contribution in [0, 0.1) is 11.6 Å². The van der Waals surface area contributed by atoms with Crippen LogP contribution in [0.4, 0.5) is 19.3 Å². The summed E-state index contributed by atoms with van der Waals surface area (Å²) >= 11 is 13.1. The van der Waals surface area contributed by atoms with Crippen LogP contribution < -0.4 is 5.32 Å². The average Bonchev–Trinajstić information content (AvgIpc) is 3.34. The number of amides is 3. The molecule has 3 amide bonds. The van der Waals surface area contributed by atoms with Crippen LogP contribution in [-0.4, -0.2) is 33.1 Å². The van der Waals surface area contributed by atoms with E-state index in [0.29, 0.717) is 40.0 Å².